The normalized spacial score (nSPS) is 10.9. The zero-order valence-corrected chi connectivity index (χ0v) is 23.5. The van der Waals surface area contributed by atoms with Crippen LogP contribution in [0.5, 0.6) is 5.75 Å². The van der Waals surface area contributed by atoms with Gasteiger partial charge in [-0.05, 0) is 53.2 Å². The number of aromatic hydroxyl groups is 1. The summed E-state index contributed by atoms with van der Waals surface area (Å²) in [7, 11) is 0. The summed E-state index contributed by atoms with van der Waals surface area (Å²) in [5, 5.41) is 11.7. The van der Waals surface area contributed by atoms with E-state index in [1.165, 1.54) is 18.2 Å². The molecular formula is C31H20EuF3N3O3. The number of alkyl halides is 3. The van der Waals surface area contributed by atoms with E-state index in [1.54, 1.807) is 60.9 Å². The van der Waals surface area contributed by atoms with Crippen LogP contribution in [0.4, 0.5) is 13.2 Å². The number of carbonyl (C=O) groups excluding carboxylic acids is 1. The summed E-state index contributed by atoms with van der Waals surface area (Å²) >= 11 is 0. The van der Waals surface area contributed by atoms with Crippen LogP contribution in [-0.4, -0.2) is 31.6 Å². The van der Waals surface area contributed by atoms with Crippen molar-refractivity contribution in [3.05, 3.63) is 131 Å². The molecule has 6 nitrogen and oxygen atoms in total. The number of Topliss-reactive ketones (excluding diaryl/α,β-unsaturated/α-hetero) is 1. The molecule has 0 bridgehead atoms. The number of hydrogen-bond acceptors (Lipinski definition) is 5. The summed E-state index contributed by atoms with van der Waals surface area (Å²) in [6, 6.07) is 29.5. The number of hydrogen-bond donors (Lipinski definition) is 1. The number of fused-ring (bicyclic) bond motifs is 3. The summed E-state index contributed by atoms with van der Waals surface area (Å²) in [5.41, 5.74) is -0.208. The quantitative estimate of drug-likeness (QED) is 0.164. The Bertz CT molecular complexity index is 1840. The van der Waals surface area contributed by atoms with Crippen molar-refractivity contribution in [1.29, 1.82) is 0 Å². The van der Waals surface area contributed by atoms with Crippen LogP contribution < -0.4 is 5.56 Å². The molecule has 0 unspecified atom stereocenters. The molecule has 0 amide bonds. The van der Waals surface area contributed by atoms with E-state index < -0.39 is 28.8 Å². The van der Waals surface area contributed by atoms with Gasteiger partial charge in [-0.15, -0.1) is 0 Å². The maximum Gasteiger partial charge on any atom is 0.455 e. The van der Waals surface area contributed by atoms with Crippen LogP contribution in [0.2, 0.25) is 0 Å². The standard InChI is InChI=1S/C21H12F3NO3.C10H8N2.Eu/c22-21(23,24)19(27)17-18(26)16-14-9-5-4-6-12(14)10-11-15(16)25(20(17)28)13-7-2-1-3-8-13;1-3-7-11-9(5-1)10-6-2-4-8-12-10;/h1-11,26H;1-8H;. The Morgan fingerprint density at radius 3 is 1.85 bits per heavy atom. The van der Waals surface area contributed by atoms with E-state index in [0.717, 1.165) is 16.0 Å². The molecule has 0 fully saturated rings. The van der Waals surface area contributed by atoms with Gasteiger partial charge in [-0.1, -0.05) is 60.7 Å². The van der Waals surface area contributed by atoms with Crippen molar-refractivity contribution in [2.24, 2.45) is 0 Å². The number of nitrogens with zero attached hydrogens (tertiary/aromatic N) is 3. The first-order valence-corrected chi connectivity index (χ1v) is 12.1. The average molecular weight is 691 g/mol. The van der Waals surface area contributed by atoms with Crippen LogP contribution >= 0.6 is 0 Å². The Morgan fingerprint density at radius 2 is 1.29 bits per heavy atom. The molecule has 0 spiro atoms. The fourth-order valence-corrected chi connectivity index (χ4v) is 4.35. The first-order chi connectivity index (χ1) is 19.3. The SMILES string of the molecule is O=C(c1c(O)c2c3ccccc3ccc2n(-c2ccccc2)c1=O)C(F)(F)F.[Eu].c1ccc(-c2ccccn2)nc1. The molecule has 6 rings (SSSR count). The molecule has 0 aliphatic rings. The Balaban J connectivity index is 0.000000249. The van der Waals surface area contributed by atoms with E-state index >= 15 is 0 Å². The van der Waals surface area contributed by atoms with Gasteiger partial charge in [0.05, 0.1) is 16.9 Å². The van der Waals surface area contributed by atoms with Gasteiger partial charge < -0.3 is 5.11 Å². The summed E-state index contributed by atoms with van der Waals surface area (Å²) in [4.78, 5) is 33.3. The van der Waals surface area contributed by atoms with Crippen LogP contribution in [0.3, 0.4) is 0 Å². The van der Waals surface area contributed by atoms with Crippen molar-refractivity contribution >= 4 is 27.5 Å². The molecule has 1 radical (unpaired) electrons. The molecule has 0 atom stereocenters. The number of benzene rings is 3. The zero-order chi connectivity index (χ0) is 28.3. The van der Waals surface area contributed by atoms with Crippen molar-refractivity contribution in [3.8, 4) is 22.8 Å². The predicted molar refractivity (Wildman–Crippen MR) is 147 cm³/mol. The molecule has 3 heterocycles. The fraction of sp³-hybridized carbons (Fsp3) is 0.0323. The van der Waals surface area contributed by atoms with E-state index in [1.807, 2.05) is 36.4 Å². The average Bonchev–Trinajstić information content (AvgIpc) is 2.98. The molecule has 1 N–H and O–H groups in total. The minimum atomic E-state index is -5.30. The van der Waals surface area contributed by atoms with Crippen LogP contribution in [0.15, 0.2) is 120 Å². The summed E-state index contributed by atoms with van der Waals surface area (Å²) in [6.45, 7) is 0. The van der Waals surface area contributed by atoms with Crippen LogP contribution in [0, 0.1) is 49.4 Å². The Kier molecular flexibility index (Phi) is 9.47. The van der Waals surface area contributed by atoms with Crippen LogP contribution in [0.1, 0.15) is 10.4 Å². The molecule has 0 saturated carbocycles. The van der Waals surface area contributed by atoms with Crippen molar-refractivity contribution < 1.29 is 72.4 Å². The van der Waals surface area contributed by atoms with E-state index in [0.29, 0.717) is 10.8 Å². The van der Waals surface area contributed by atoms with Gasteiger partial charge in [0.1, 0.15) is 11.3 Å². The van der Waals surface area contributed by atoms with Crippen molar-refractivity contribution in [2.45, 2.75) is 6.18 Å². The molecule has 0 aliphatic heterocycles. The first kappa shape index (κ1) is 30.2. The molecule has 0 saturated heterocycles. The number of aromatic nitrogens is 3. The van der Waals surface area contributed by atoms with Crippen molar-refractivity contribution in [2.75, 3.05) is 0 Å². The molecular weight excluding hydrogens is 671 g/mol. The number of halogens is 3. The summed E-state index contributed by atoms with van der Waals surface area (Å²) < 4.78 is 40.4. The minimum Gasteiger partial charge on any atom is -0.506 e. The number of ketones is 1. The van der Waals surface area contributed by atoms with E-state index in [4.69, 9.17) is 0 Å². The van der Waals surface area contributed by atoms with E-state index in [9.17, 15) is 27.9 Å². The maximum atomic E-state index is 13.1. The monoisotopic (exact) mass is 692 g/mol. The topological polar surface area (TPSA) is 85.1 Å². The molecule has 0 aliphatic carbocycles. The molecule has 205 valence electrons. The third-order valence-corrected chi connectivity index (χ3v) is 6.13. The smallest absolute Gasteiger partial charge is 0.455 e. The van der Waals surface area contributed by atoms with Gasteiger partial charge in [0.2, 0.25) is 0 Å². The maximum absolute atomic E-state index is 13.1. The number of carbonyl (C=O) groups is 1. The Hall–Kier alpha value is -3.73. The fourth-order valence-electron chi connectivity index (χ4n) is 4.35. The molecule has 41 heavy (non-hydrogen) atoms. The van der Waals surface area contributed by atoms with Crippen LogP contribution in [0.25, 0.3) is 38.8 Å². The Labute approximate surface area is 272 Å². The molecule has 10 heteroatoms. The molecule has 3 aromatic carbocycles. The second kappa shape index (κ2) is 12.8. The van der Waals surface area contributed by atoms with Gasteiger partial charge in [-0.25, -0.2) is 0 Å². The van der Waals surface area contributed by atoms with Crippen molar-refractivity contribution in [1.82, 2.24) is 14.5 Å². The van der Waals surface area contributed by atoms with Gasteiger partial charge in [-0.3, -0.25) is 24.1 Å². The molecule has 6 aromatic rings. The summed E-state index contributed by atoms with van der Waals surface area (Å²) in [6.07, 6.45) is -1.77. The largest absolute Gasteiger partial charge is 0.506 e. The minimum absolute atomic E-state index is 0. The van der Waals surface area contributed by atoms with Crippen molar-refractivity contribution in [3.63, 3.8) is 0 Å². The number of rotatable bonds is 3. The van der Waals surface area contributed by atoms with Gasteiger partial charge in [-0.2, -0.15) is 13.2 Å². The second-order valence-corrected chi connectivity index (χ2v) is 8.64. The second-order valence-electron chi connectivity index (χ2n) is 8.64. The predicted octanol–water partition coefficient (Wildman–Crippen LogP) is 6.74. The summed E-state index contributed by atoms with van der Waals surface area (Å²) in [5.74, 6) is -3.35. The first-order valence-electron chi connectivity index (χ1n) is 12.1. The van der Waals surface area contributed by atoms with Gasteiger partial charge in [0, 0.05) is 72.8 Å². The van der Waals surface area contributed by atoms with Gasteiger partial charge in [0.25, 0.3) is 11.3 Å². The van der Waals surface area contributed by atoms with E-state index in [-0.39, 0.29) is 66.0 Å². The Morgan fingerprint density at radius 1 is 0.732 bits per heavy atom. The van der Waals surface area contributed by atoms with Crippen LogP contribution in [-0.2, 0) is 0 Å². The number of para-hydroxylation sites is 1. The van der Waals surface area contributed by atoms with Gasteiger partial charge in [0.15, 0.2) is 0 Å². The third kappa shape index (κ3) is 6.30. The third-order valence-electron chi connectivity index (χ3n) is 6.13. The zero-order valence-electron chi connectivity index (χ0n) is 21.1. The number of pyridine rings is 3. The van der Waals surface area contributed by atoms with E-state index in [2.05, 4.69) is 9.97 Å². The van der Waals surface area contributed by atoms with Gasteiger partial charge >= 0.3 is 6.18 Å². The molecule has 3 aromatic heterocycles.